The van der Waals surface area contributed by atoms with Crippen molar-refractivity contribution in [2.75, 3.05) is 18.9 Å². The first-order chi connectivity index (χ1) is 10.2. The number of nitrogens with zero attached hydrogens (tertiary/aromatic N) is 1. The fraction of sp³-hybridized carbons (Fsp3) is 0.667. The highest BCUT2D eigenvalue weighted by Gasteiger charge is 2.22. The highest BCUT2D eigenvalue weighted by molar-refractivity contribution is 5.47. The van der Waals surface area contributed by atoms with Crippen molar-refractivity contribution < 1.29 is 4.74 Å². The molecule has 1 aromatic rings. The summed E-state index contributed by atoms with van der Waals surface area (Å²) in [4.78, 5) is 2.44. The molecule has 1 N–H and O–H groups in total. The van der Waals surface area contributed by atoms with Crippen LogP contribution in [0.1, 0.15) is 45.4 Å². The Kier molecular flexibility index (Phi) is 4.69. The summed E-state index contributed by atoms with van der Waals surface area (Å²) in [6.07, 6.45) is 7.95. The summed E-state index contributed by atoms with van der Waals surface area (Å²) < 4.78 is 6.02. The molecular weight excluding hydrogens is 260 g/mol. The predicted octanol–water partition coefficient (Wildman–Crippen LogP) is 3.90. The molecule has 0 amide bonds. The van der Waals surface area contributed by atoms with E-state index in [4.69, 9.17) is 4.74 Å². The third kappa shape index (κ3) is 3.91. The van der Waals surface area contributed by atoms with Gasteiger partial charge in [0.15, 0.2) is 0 Å². The molecule has 1 saturated heterocycles. The second kappa shape index (κ2) is 6.69. The molecule has 1 aliphatic heterocycles. The van der Waals surface area contributed by atoms with Gasteiger partial charge < -0.3 is 15.0 Å². The van der Waals surface area contributed by atoms with E-state index >= 15 is 0 Å². The number of hydrogen-bond acceptors (Lipinski definition) is 3. The summed E-state index contributed by atoms with van der Waals surface area (Å²) in [5, 5.41) is 3.67. The van der Waals surface area contributed by atoms with E-state index in [0.29, 0.717) is 18.2 Å². The van der Waals surface area contributed by atoms with Crippen molar-refractivity contribution >= 4 is 5.69 Å². The third-order valence-corrected chi connectivity index (χ3v) is 5.04. The Bertz CT molecular complexity index is 439. The first-order valence-electron chi connectivity index (χ1n) is 8.44. The summed E-state index contributed by atoms with van der Waals surface area (Å²) >= 11 is 0. The van der Waals surface area contributed by atoms with E-state index in [1.165, 1.54) is 50.8 Å². The van der Waals surface area contributed by atoms with Gasteiger partial charge in [0.2, 0.25) is 0 Å². The van der Waals surface area contributed by atoms with Crippen LogP contribution in [0, 0.1) is 0 Å². The van der Waals surface area contributed by atoms with E-state index in [2.05, 4.69) is 48.5 Å². The first kappa shape index (κ1) is 14.7. The number of piperidine rings is 1. The van der Waals surface area contributed by atoms with Crippen LogP contribution in [0.25, 0.3) is 0 Å². The van der Waals surface area contributed by atoms with Crippen molar-refractivity contribution in [2.24, 2.45) is 0 Å². The molecule has 0 aromatic heterocycles. The normalized spacial score (nSPS) is 27.7. The molecule has 2 aliphatic rings. The van der Waals surface area contributed by atoms with Crippen molar-refractivity contribution in [1.82, 2.24) is 4.90 Å². The molecular formula is C18H28N2O. The lowest BCUT2D eigenvalue weighted by atomic mass is 9.99. The summed E-state index contributed by atoms with van der Waals surface area (Å²) in [6.45, 7) is 3.49. The molecule has 3 rings (SSSR count). The second-order valence-electron chi connectivity index (χ2n) is 6.74. The molecule has 3 heteroatoms. The standard InChI is InChI=1S/C18H28N2O/c1-14-13-16(11-12-20(14)2)19-15-7-9-18(10-8-15)21-17-5-3-4-6-17/h7-10,14,16-17,19H,3-6,11-13H2,1-2H3. The molecule has 1 saturated carbocycles. The van der Waals surface area contributed by atoms with Crippen molar-refractivity contribution in [2.45, 2.75) is 63.6 Å². The highest BCUT2D eigenvalue weighted by atomic mass is 16.5. The molecule has 1 heterocycles. The number of likely N-dealkylation sites (tertiary alicyclic amines) is 1. The molecule has 1 aliphatic carbocycles. The minimum atomic E-state index is 0.443. The van der Waals surface area contributed by atoms with E-state index in [0.717, 1.165) is 5.75 Å². The van der Waals surface area contributed by atoms with Crippen LogP contribution in [0.5, 0.6) is 5.75 Å². The molecule has 21 heavy (non-hydrogen) atoms. The maximum absolute atomic E-state index is 6.02. The number of ether oxygens (including phenoxy) is 1. The summed E-state index contributed by atoms with van der Waals surface area (Å²) in [6, 6.07) is 9.80. The zero-order chi connectivity index (χ0) is 14.7. The lowest BCUT2D eigenvalue weighted by Crippen LogP contribution is -2.42. The van der Waals surface area contributed by atoms with Crippen molar-refractivity contribution in [1.29, 1.82) is 0 Å². The molecule has 0 spiro atoms. The van der Waals surface area contributed by atoms with E-state index in [1.54, 1.807) is 0 Å². The van der Waals surface area contributed by atoms with E-state index < -0.39 is 0 Å². The smallest absolute Gasteiger partial charge is 0.119 e. The SMILES string of the molecule is CC1CC(Nc2ccc(OC3CCCC3)cc2)CCN1C. The summed E-state index contributed by atoms with van der Waals surface area (Å²) in [5.41, 5.74) is 1.22. The molecule has 2 atom stereocenters. The van der Waals surface area contributed by atoms with E-state index in [1.807, 2.05) is 0 Å². The van der Waals surface area contributed by atoms with Crippen molar-refractivity contribution in [3.8, 4) is 5.75 Å². The van der Waals surface area contributed by atoms with Gasteiger partial charge in [0, 0.05) is 24.3 Å². The maximum atomic E-state index is 6.02. The molecule has 0 bridgehead atoms. The Morgan fingerprint density at radius 1 is 1.10 bits per heavy atom. The number of benzene rings is 1. The van der Waals surface area contributed by atoms with Crippen LogP contribution >= 0.6 is 0 Å². The van der Waals surface area contributed by atoms with Gasteiger partial charge in [0.1, 0.15) is 5.75 Å². The molecule has 2 unspecified atom stereocenters. The maximum Gasteiger partial charge on any atom is 0.119 e. The van der Waals surface area contributed by atoms with E-state index in [9.17, 15) is 0 Å². The van der Waals surface area contributed by atoms with Crippen molar-refractivity contribution in [3.05, 3.63) is 24.3 Å². The summed E-state index contributed by atoms with van der Waals surface area (Å²) in [5.74, 6) is 1.02. The topological polar surface area (TPSA) is 24.5 Å². The first-order valence-corrected chi connectivity index (χ1v) is 8.44. The zero-order valence-corrected chi connectivity index (χ0v) is 13.3. The van der Waals surface area contributed by atoms with Gasteiger partial charge in [-0.25, -0.2) is 0 Å². The van der Waals surface area contributed by atoms with Crippen LogP contribution in [0.3, 0.4) is 0 Å². The average Bonchev–Trinajstić information content (AvgIpc) is 2.98. The summed E-state index contributed by atoms with van der Waals surface area (Å²) in [7, 11) is 2.22. The van der Waals surface area contributed by atoms with Crippen LogP contribution in [-0.2, 0) is 0 Å². The predicted molar refractivity (Wildman–Crippen MR) is 88.1 cm³/mol. The highest BCUT2D eigenvalue weighted by Crippen LogP contribution is 2.26. The molecule has 116 valence electrons. The Hall–Kier alpha value is -1.22. The van der Waals surface area contributed by atoms with Gasteiger partial charge in [-0.3, -0.25) is 0 Å². The van der Waals surface area contributed by atoms with Gasteiger partial charge in [-0.15, -0.1) is 0 Å². The third-order valence-electron chi connectivity index (χ3n) is 5.04. The average molecular weight is 288 g/mol. The van der Waals surface area contributed by atoms with Crippen molar-refractivity contribution in [3.63, 3.8) is 0 Å². The zero-order valence-electron chi connectivity index (χ0n) is 13.3. The monoisotopic (exact) mass is 288 g/mol. The van der Waals surface area contributed by atoms with Gasteiger partial charge in [0.25, 0.3) is 0 Å². The van der Waals surface area contributed by atoms with Gasteiger partial charge in [0.05, 0.1) is 6.10 Å². The number of hydrogen-bond donors (Lipinski definition) is 1. The molecule has 0 radical (unpaired) electrons. The lowest BCUT2D eigenvalue weighted by Gasteiger charge is -2.35. The van der Waals surface area contributed by atoms with Gasteiger partial charge in [-0.1, -0.05) is 0 Å². The minimum Gasteiger partial charge on any atom is -0.490 e. The van der Waals surface area contributed by atoms with Crippen LogP contribution in [0.2, 0.25) is 0 Å². The Morgan fingerprint density at radius 3 is 2.48 bits per heavy atom. The Labute approximate surface area is 128 Å². The van der Waals surface area contributed by atoms with Gasteiger partial charge in [-0.05, 0) is 76.8 Å². The van der Waals surface area contributed by atoms with Gasteiger partial charge in [-0.2, -0.15) is 0 Å². The quantitative estimate of drug-likeness (QED) is 0.909. The molecule has 2 fully saturated rings. The van der Waals surface area contributed by atoms with Crippen LogP contribution < -0.4 is 10.1 Å². The molecule has 3 nitrogen and oxygen atoms in total. The van der Waals surface area contributed by atoms with Crippen LogP contribution in [0.15, 0.2) is 24.3 Å². The fourth-order valence-electron chi connectivity index (χ4n) is 3.48. The lowest BCUT2D eigenvalue weighted by molar-refractivity contribution is 0.190. The molecule has 1 aromatic carbocycles. The van der Waals surface area contributed by atoms with Crippen LogP contribution in [-0.4, -0.2) is 36.7 Å². The van der Waals surface area contributed by atoms with E-state index in [-0.39, 0.29) is 0 Å². The fourth-order valence-corrected chi connectivity index (χ4v) is 3.48. The number of nitrogens with one attached hydrogen (secondary N) is 1. The Morgan fingerprint density at radius 2 is 1.81 bits per heavy atom. The minimum absolute atomic E-state index is 0.443. The second-order valence-corrected chi connectivity index (χ2v) is 6.74. The van der Waals surface area contributed by atoms with Gasteiger partial charge >= 0.3 is 0 Å². The number of rotatable bonds is 4. The largest absolute Gasteiger partial charge is 0.490 e. The number of anilines is 1. The van der Waals surface area contributed by atoms with Crippen LogP contribution in [0.4, 0.5) is 5.69 Å². The Balaban J connectivity index is 1.52.